The Balaban J connectivity index is 1.71. The first kappa shape index (κ1) is 16.3. The number of amides is 1. The van der Waals surface area contributed by atoms with Crippen molar-refractivity contribution in [2.45, 2.75) is 6.92 Å². The van der Waals surface area contributed by atoms with Gasteiger partial charge in [-0.1, -0.05) is 30.3 Å². The maximum absolute atomic E-state index is 12.3. The fourth-order valence-electron chi connectivity index (χ4n) is 2.30. The van der Waals surface area contributed by atoms with Crippen LogP contribution in [-0.4, -0.2) is 26.5 Å². The van der Waals surface area contributed by atoms with Gasteiger partial charge in [-0.25, -0.2) is 9.67 Å². The van der Waals surface area contributed by atoms with Gasteiger partial charge in [-0.05, 0) is 35.9 Å². The smallest absolute Gasteiger partial charge is 0.221 e. The van der Waals surface area contributed by atoms with E-state index in [1.54, 1.807) is 41.4 Å². The molecule has 124 valence electrons. The molecule has 0 aliphatic rings. The summed E-state index contributed by atoms with van der Waals surface area (Å²) in [5.41, 5.74) is 2.91. The molecular weight excluding hydrogens is 316 g/mol. The summed E-state index contributed by atoms with van der Waals surface area (Å²) >= 11 is 0. The Kier molecular flexibility index (Phi) is 4.80. The van der Waals surface area contributed by atoms with Crippen LogP contribution in [-0.2, 0) is 4.79 Å². The molecule has 25 heavy (non-hydrogen) atoms. The van der Waals surface area contributed by atoms with Crippen LogP contribution in [0.5, 0.6) is 0 Å². The van der Waals surface area contributed by atoms with Gasteiger partial charge in [-0.15, -0.1) is 0 Å². The van der Waals surface area contributed by atoms with Crippen LogP contribution in [0.2, 0.25) is 0 Å². The lowest BCUT2D eigenvalue weighted by molar-refractivity contribution is -0.114. The predicted molar refractivity (Wildman–Crippen MR) is 95.5 cm³/mol. The molecule has 0 bridgehead atoms. The van der Waals surface area contributed by atoms with Gasteiger partial charge in [0.15, 0.2) is 5.78 Å². The van der Waals surface area contributed by atoms with Crippen molar-refractivity contribution >= 4 is 23.5 Å². The van der Waals surface area contributed by atoms with E-state index in [4.69, 9.17) is 0 Å². The summed E-state index contributed by atoms with van der Waals surface area (Å²) in [6.07, 6.45) is 6.36. The third kappa shape index (κ3) is 4.26. The van der Waals surface area contributed by atoms with E-state index < -0.39 is 0 Å². The minimum Gasteiger partial charge on any atom is -0.326 e. The number of carbonyl (C=O) groups is 2. The number of benzene rings is 2. The molecule has 0 saturated carbocycles. The summed E-state index contributed by atoms with van der Waals surface area (Å²) in [7, 11) is 0. The molecule has 1 heterocycles. The van der Waals surface area contributed by atoms with Crippen molar-refractivity contribution in [3.63, 3.8) is 0 Å². The first-order valence-corrected chi connectivity index (χ1v) is 7.67. The SMILES string of the molecule is CC(=O)Nc1cccc(C(=O)C=Cc2ccc(-n3cncn3)cc2)c1. The molecule has 2 aromatic carbocycles. The Bertz CT molecular complexity index is 913. The van der Waals surface area contributed by atoms with Gasteiger partial charge >= 0.3 is 0 Å². The number of allylic oxidation sites excluding steroid dienone is 1. The van der Waals surface area contributed by atoms with Crippen LogP contribution in [0.1, 0.15) is 22.8 Å². The molecule has 0 aliphatic carbocycles. The van der Waals surface area contributed by atoms with Gasteiger partial charge < -0.3 is 5.32 Å². The van der Waals surface area contributed by atoms with Crippen LogP contribution < -0.4 is 5.32 Å². The molecule has 3 aromatic rings. The number of nitrogens with one attached hydrogen (secondary N) is 1. The lowest BCUT2D eigenvalue weighted by Crippen LogP contribution is -2.06. The zero-order chi connectivity index (χ0) is 17.6. The van der Waals surface area contributed by atoms with Gasteiger partial charge in [-0.2, -0.15) is 5.10 Å². The Morgan fingerprint density at radius 2 is 1.92 bits per heavy atom. The van der Waals surface area contributed by atoms with Gasteiger partial charge in [0.2, 0.25) is 5.91 Å². The number of nitrogens with zero attached hydrogens (tertiary/aromatic N) is 3. The number of ketones is 1. The zero-order valence-corrected chi connectivity index (χ0v) is 13.6. The summed E-state index contributed by atoms with van der Waals surface area (Å²) in [6.45, 7) is 1.43. The van der Waals surface area contributed by atoms with Crippen molar-refractivity contribution < 1.29 is 9.59 Å². The number of hydrogen-bond donors (Lipinski definition) is 1. The summed E-state index contributed by atoms with van der Waals surface area (Å²) < 4.78 is 1.66. The average molecular weight is 332 g/mol. The van der Waals surface area contributed by atoms with Gasteiger partial charge in [0.25, 0.3) is 0 Å². The highest BCUT2D eigenvalue weighted by atomic mass is 16.1. The van der Waals surface area contributed by atoms with Gasteiger partial charge in [0.1, 0.15) is 12.7 Å². The Labute approximate surface area is 144 Å². The molecule has 1 N–H and O–H groups in total. The molecule has 1 aromatic heterocycles. The second-order valence-electron chi connectivity index (χ2n) is 5.39. The maximum Gasteiger partial charge on any atom is 0.221 e. The molecule has 0 atom stereocenters. The van der Waals surface area contributed by atoms with Crippen LogP contribution in [0.15, 0.2) is 67.3 Å². The number of aromatic nitrogens is 3. The fourth-order valence-corrected chi connectivity index (χ4v) is 2.30. The first-order valence-electron chi connectivity index (χ1n) is 7.67. The van der Waals surface area contributed by atoms with Gasteiger partial charge in [0.05, 0.1) is 5.69 Å². The van der Waals surface area contributed by atoms with Crippen molar-refractivity contribution in [2.24, 2.45) is 0 Å². The predicted octanol–water partition coefficient (Wildman–Crippen LogP) is 3.12. The number of rotatable bonds is 5. The molecule has 0 spiro atoms. The number of hydrogen-bond acceptors (Lipinski definition) is 4. The van der Waals surface area contributed by atoms with E-state index in [0.29, 0.717) is 11.3 Å². The monoisotopic (exact) mass is 332 g/mol. The second kappa shape index (κ2) is 7.35. The van der Waals surface area contributed by atoms with E-state index >= 15 is 0 Å². The van der Waals surface area contributed by atoms with Crippen LogP contribution in [0.25, 0.3) is 11.8 Å². The van der Waals surface area contributed by atoms with E-state index in [0.717, 1.165) is 11.3 Å². The van der Waals surface area contributed by atoms with Crippen LogP contribution in [0.4, 0.5) is 5.69 Å². The molecule has 6 heteroatoms. The molecule has 1 amide bonds. The van der Waals surface area contributed by atoms with E-state index in [2.05, 4.69) is 15.4 Å². The van der Waals surface area contributed by atoms with E-state index in [1.807, 2.05) is 24.3 Å². The number of anilines is 1. The highest BCUT2D eigenvalue weighted by molar-refractivity contribution is 6.07. The highest BCUT2D eigenvalue weighted by Gasteiger charge is 2.04. The summed E-state index contributed by atoms with van der Waals surface area (Å²) in [5, 5.41) is 6.73. The quantitative estimate of drug-likeness (QED) is 0.575. The normalized spacial score (nSPS) is 10.8. The van der Waals surface area contributed by atoms with E-state index in [-0.39, 0.29) is 11.7 Å². The minimum absolute atomic E-state index is 0.132. The fraction of sp³-hybridized carbons (Fsp3) is 0.0526. The molecule has 0 unspecified atom stereocenters. The lowest BCUT2D eigenvalue weighted by atomic mass is 10.1. The van der Waals surface area contributed by atoms with Crippen LogP contribution in [0, 0.1) is 0 Å². The van der Waals surface area contributed by atoms with Crippen LogP contribution in [0.3, 0.4) is 0 Å². The Morgan fingerprint density at radius 3 is 2.60 bits per heavy atom. The molecule has 0 radical (unpaired) electrons. The van der Waals surface area contributed by atoms with Crippen molar-refractivity contribution in [2.75, 3.05) is 5.32 Å². The first-order chi connectivity index (χ1) is 12.1. The largest absolute Gasteiger partial charge is 0.326 e. The summed E-state index contributed by atoms with van der Waals surface area (Å²) in [6, 6.07) is 14.4. The molecular formula is C19H16N4O2. The average Bonchev–Trinajstić information content (AvgIpc) is 3.14. The standard InChI is InChI=1S/C19H16N4O2/c1-14(24)22-17-4-2-3-16(11-17)19(25)10-7-15-5-8-18(9-6-15)23-13-20-12-21-23/h2-13H,1H3,(H,22,24). The molecule has 0 aliphatic heterocycles. The topological polar surface area (TPSA) is 76.9 Å². The molecule has 3 rings (SSSR count). The van der Waals surface area contributed by atoms with E-state index in [9.17, 15) is 9.59 Å². The Hall–Kier alpha value is -3.54. The van der Waals surface area contributed by atoms with Crippen molar-refractivity contribution in [1.82, 2.24) is 14.8 Å². The second-order valence-corrected chi connectivity index (χ2v) is 5.39. The Morgan fingerprint density at radius 1 is 1.12 bits per heavy atom. The summed E-state index contributed by atoms with van der Waals surface area (Å²) in [5.74, 6) is -0.305. The summed E-state index contributed by atoms with van der Waals surface area (Å²) in [4.78, 5) is 27.3. The molecule has 6 nitrogen and oxygen atoms in total. The maximum atomic E-state index is 12.3. The van der Waals surface area contributed by atoms with Crippen molar-refractivity contribution in [3.05, 3.63) is 78.4 Å². The molecule has 0 fully saturated rings. The van der Waals surface area contributed by atoms with Gasteiger partial charge in [0, 0.05) is 18.2 Å². The van der Waals surface area contributed by atoms with Crippen LogP contribution >= 0.6 is 0 Å². The molecule has 0 saturated heterocycles. The lowest BCUT2D eigenvalue weighted by Gasteiger charge is -2.03. The highest BCUT2D eigenvalue weighted by Crippen LogP contribution is 2.13. The minimum atomic E-state index is -0.174. The van der Waals surface area contributed by atoms with E-state index in [1.165, 1.54) is 19.3 Å². The third-order valence-corrected chi connectivity index (χ3v) is 3.47. The van der Waals surface area contributed by atoms with Crippen molar-refractivity contribution in [3.8, 4) is 5.69 Å². The van der Waals surface area contributed by atoms with Gasteiger partial charge in [-0.3, -0.25) is 9.59 Å². The van der Waals surface area contributed by atoms with Crippen molar-refractivity contribution in [1.29, 1.82) is 0 Å². The third-order valence-electron chi connectivity index (χ3n) is 3.47. The zero-order valence-electron chi connectivity index (χ0n) is 13.6. The number of carbonyl (C=O) groups excluding carboxylic acids is 2.